The summed E-state index contributed by atoms with van der Waals surface area (Å²) in [4.78, 5) is 32.3. The zero-order valence-electron chi connectivity index (χ0n) is 18.5. The first kappa shape index (κ1) is 22.9. The lowest BCUT2D eigenvalue weighted by Crippen LogP contribution is -2.20. The van der Waals surface area contributed by atoms with Crippen LogP contribution in [0.5, 0.6) is 0 Å². The van der Waals surface area contributed by atoms with E-state index < -0.39 is 5.91 Å². The normalized spacial score (nSPS) is 15.3. The molecule has 0 spiro atoms. The summed E-state index contributed by atoms with van der Waals surface area (Å²) in [5.41, 5.74) is 9.73. The predicted octanol–water partition coefficient (Wildman–Crippen LogP) is 5.34. The predicted molar refractivity (Wildman–Crippen MR) is 122 cm³/mol. The zero-order valence-corrected chi connectivity index (χ0v) is 18.5. The maximum Gasteiger partial charge on any atom is 0.238 e. The maximum absolute atomic E-state index is 12.6. The quantitative estimate of drug-likeness (QED) is 0.389. The third-order valence-electron chi connectivity index (χ3n) is 5.95. The van der Waals surface area contributed by atoms with Gasteiger partial charge in [0, 0.05) is 35.5 Å². The summed E-state index contributed by atoms with van der Waals surface area (Å²) in [5.74, 6) is -0.194. The summed E-state index contributed by atoms with van der Waals surface area (Å²) >= 11 is 0. The molecule has 0 aliphatic heterocycles. The van der Waals surface area contributed by atoms with Crippen molar-refractivity contribution in [3.8, 4) is 11.5 Å². The van der Waals surface area contributed by atoms with Gasteiger partial charge in [-0.05, 0) is 49.9 Å². The van der Waals surface area contributed by atoms with Gasteiger partial charge in [-0.25, -0.2) is 4.98 Å². The second kappa shape index (κ2) is 11.0. The summed E-state index contributed by atoms with van der Waals surface area (Å²) in [6.45, 7) is 0. The first-order chi connectivity index (χ1) is 16.1. The Morgan fingerprint density at radius 1 is 1.09 bits per heavy atom. The van der Waals surface area contributed by atoms with Gasteiger partial charge in [0.25, 0.3) is 0 Å². The lowest BCUT2D eigenvalue weighted by Gasteiger charge is -2.26. The number of carbonyl (C=O) groups excluding carboxylic acids is 2. The van der Waals surface area contributed by atoms with Gasteiger partial charge in [-0.15, -0.1) is 0 Å². The lowest BCUT2D eigenvalue weighted by molar-refractivity contribution is -0.119. The number of carbonyl (C=O) groups is 2. The number of pyridine rings is 1. The first-order valence-corrected chi connectivity index (χ1v) is 11.5. The van der Waals surface area contributed by atoms with Crippen LogP contribution in [-0.4, -0.2) is 27.8 Å². The number of nitrogens with one attached hydrogen (secondary N) is 1. The molecule has 33 heavy (non-hydrogen) atoms. The van der Waals surface area contributed by atoms with Crippen molar-refractivity contribution in [1.82, 2.24) is 15.7 Å². The highest BCUT2D eigenvalue weighted by atomic mass is 16.5. The molecule has 2 aromatic heterocycles. The van der Waals surface area contributed by atoms with Crippen molar-refractivity contribution in [2.24, 2.45) is 0 Å². The van der Waals surface area contributed by atoms with Gasteiger partial charge in [0.15, 0.2) is 5.78 Å². The average molecular weight is 447 g/mol. The molecule has 1 atom stereocenters. The zero-order chi connectivity index (χ0) is 23.0. The molecule has 1 unspecified atom stereocenters. The Kier molecular flexibility index (Phi) is 7.62. The van der Waals surface area contributed by atoms with E-state index in [-0.39, 0.29) is 24.4 Å². The summed E-state index contributed by atoms with van der Waals surface area (Å²) in [6, 6.07) is 10.6. The number of nitrogens with zero attached hydrogens (tertiary/aromatic N) is 2. The molecule has 4 rings (SSSR count). The van der Waals surface area contributed by atoms with E-state index in [0.29, 0.717) is 35.6 Å². The minimum atomic E-state index is -0.562. The number of oxazole rings is 1. The van der Waals surface area contributed by atoms with E-state index in [2.05, 4.69) is 9.97 Å². The van der Waals surface area contributed by atoms with E-state index in [4.69, 9.17) is 14.9 Å². The Balaban J connectivity index is 1.47. The highest BCUT2D eigenvalue weighted by Gasteiger charge is 2.24. The highest BCUT2D eigenvalue weighted by Crippen LogP contribution is 2.31. The van der Waals surface area contributed by atoms with E-state index in [1.54, 1.807) is 42.9 Å². The molecule has 3 aromatic rings. The number of amides is 1. The number of benzene rings is 1. The van der Waals surface area contributed by atoms with Crippen molar-refractivity contribution < 1.29 is 18.7 Å². The Hall–Kier alpha value is -3.32. The molecule has 2 heterocycles. The van der Waals surface area contributed by atoms with E-state index >= 15 is 0 Å². The van der Waals surface area contributed by atoms with Gasteiger partial charge in [0.05, 0.1) is 6.10 Å². The van der Waals surface area contributed by atoms with Crippen LogP contribution in [0, 0.1) is 0 Å². The van der Waals surface area contributed by atoms with Crippen LogP contribution < -0.4 is 5.73 Å². The van der Waals surface area contributed by atoms with Crippen molar-refractivity contribution in [3.05, 3.63) is 71.9 Å². The number of ketones is 1. The Labute approximate surface area is 193 Å². The fraction of sp³-hybridized carbons (Fsp3) is 0.385. The van der Waals surface area contributed by atoms with Crippen LogP contribution in [0.1, 0.15) is 79.1 Å². The summed E-state index contributed by atoms with van der Waals surface area (Å²) in [5, 5.41) is 0. The van der Waals surface area contributed by atoms with Crippen LogP contribution in [-0.2, 0) is 9.53 Å². The largest absolute Gasteiger partial charge is 0.444 e. The fourth-order valence-corrected chi connectivity index (χ4v) is 4.16. The minimum absolute atomic E-state index is 0.0902. The van der Waals surface area contributed by atoms with E-state index in [1.807, 2.05) is 12.1 Å². The van der Waals surface area contributed by atoms with Crippen molar-refractivity contribution in [2.75, 3.05) is 0 Å². The van der Waals surface area contributed by atoms with Crippen LogP contribution in [0.2, 0.25) is 0 Å². The van der Waals surface area contributed by atoms with Crippen molar-refractivity contribution in [3.63, 3.8) is 0 Å². The van der Waals surface area contributed by atoms with Gasteiger partial charge in [-0.3, -0.25) is 20.3 Å². The number of rotatable bonds is 10. The molecule has 0 saturated heterocycles. The Morgan fingerprint density at radius 2 is 1.88 bits per heavy atom. The van der Waals surface area contributed by atoms with Gasteiger partial charge >= 0.3 is 0 Å². The second-order valence-electron chi connectivity index (χ2n) is 8.43. The molecule has 1 aliphatic carbocycles. The van der Waals surface area contributed by atoms with E-state index in [9.17, 15) is 9.59 Å². The Morgan fingerprint density at radius 3 is 2.58 bits per heavy atom. The molecule has 7 heteroatoms. The lowest BCUT2D eigenvalue weighted by atomic mass is 9.97. The van der Waals surface area contributed by atoms with E-state index in [1.165, 1.54) is 6.42 Å². The average Bonchev–Trinajstić information content (AvgIpc) is 3.34. The van der Waals surface area contributed by atoms with Crippen LogP contribution in [0.3, 0.4) is 0 Å². The summed E-state index contributed by atoms with van der Waals surface area (Å²) < 4.78 is 12.1. The molecule has 1 fully saturated rings. The first-order valence-electron chi connectivity index (χ1n) is 11.5. The van der Waals surface area contributed by atoms with Crippen LogP contribution in [0.4, 0.5) is 0 Å². The minimum Gasteiger partial charge on any atom is -0.444 e. The third-order valence-corrected chi connectivity index (χ3v) is 5.95. The van der Waals surface area contributed by atoms with E-state index in [0.717, 1.165) is 31.2 Å². The monoisotopic (exact) mass is 446 g/mol. The molecule has 1 N–H and O–H groups in total. The van der Waals surface area contributed by atoms with Gasteiger partial charge in [-0.1, -0.05) is 31.4 Å². The Bertz CT molecular complexity index is 1060. The van der Waals surface area contributed by atoms with Crippen LogP contribution >= 0.6 is 0 Å². The molecule has 171 valence electrons. The molecule has 1 amide bonds. The van der Waals surface area contributed by atoms with Crippen molar-refractivity contribution in [2.45, 2.75) is 63.6 Å². The fourth-order valence-electron chi connectivity index (χ4n) is 4.16. The van der Waals surface area contributed by atoms with Gasteiger partial charge < -0.3 is 9.15 Å². The van der Waals surface area contributed by atoms with Gasteiger partial charge in [0.2, 0.25) is 11.8 Å². The molecule has 1 aliphatic rings. The molecule has 1 saturated carbocycles. The molecule has 1 radical (unpaired) electrons. The second-order valence-corrected chi connectivity index (χ2v) is 8.43. The topological polar surface area (TPSA) is 106 Å². The molecule has 0 bridgehead atoms. The number of hydrogen-bond acceptors (Lipinski definition) is 6. The number of aromatic nitrogens is 2. The van der Waals surface area contributed by atoms with Crippen molar-refractivity contribution in [1.29, 1.82) is 0 Å². The molecule has 1 aromatic carbocycles. The summed E-state index contributed by atoms with van der Waals surface area (Å²) in [7, 11) is 0. The number of hydrogen-bond donors (Lipinski definition) is 0. The molecule has 7 nitrogen and oxygen atoms in total. The smallest absolute Gasteiger partial charge is 0.238 e. The van der Waals surface area contributed by atoms with Crippen LogP contribution in [0.25, 0.3) is 11.5 Å². The SMILES string of the molecule is [NH]C(=O)CCCC(OC1CCCCC1)c1coc(-c2ccc(C(=O)c3cccnc3)cc2)n1. The van der Waals surface area contributed by atoms with Gasteiger partial charge in [0.1, 0.15) is 18.1 Å². The molecular formula is C26H28N3O4. The molecular weight excluding hydrogens is 418 g/mol. The van der Waals surface area contributed by atoms with Crippen molar-refractivity contribution >= 4 is 11.7 Å². The maximum atomic E-state index is 12.6. The van der Waals surface area contributed by atoms with Crippen LogP contribution in [0.15, 0.2) is 59.5 Å². The third kappa shape index (κ3) is 6.14. The highest BCUT2D eigenvalue weighted by molar-refractivity contribution is 6.08. The number of ether oxygens (including phenoxy) is 1. The summed E-state index contributed by atoms with van der Waals surface area (Å²) in [6.07, 6.45) is 11.8. The standard InChI is InChI=1S/C26H28N3O4/c27-24(30)10-4-9-23(33-21-7-2-1-3-8-21)22-17-32-26(29-22)19-13-11-18(12-14-19)25(31)20-6-5-15-28-16-20/h5-6,11-17,21,23,27H,1-4,7-10H2. The van der Waals surface area contributed by atoms with Gasteiger partial charge in [-0.2, -0.15) is 0 Å².